The van der Waals surface area contributed by atoms with Crippen molar-refractivity contribution in [3.8, 4) is 0 Å². The van der Waals surface area contributed by atoms with Crippen LogP contribution in [0.2, 0.25) is 0 Å². The molecule has 0 N–H and O–H groups in total. The molecule has 0 aliphatic rings. The van der Waals surface area contributed by atoms with Gasteiger partial charge in [0.25, 0.3) is 0 Å². The van der Waals surface area contributed by atoms with Gasteiger partial charge in [-0.15, -0.1) is 0 Å². The summed E-state index contributed by atoms with van der Waals surface area (Å²) in [6.45, 7) is 3.46. The Morgan fingerprint density at radius 3 is 1.88 bits per heavy atom. The number of hydrogen-bond acceptors (Lipinski definition) is 1. The first-order valence-electron chi connectivity index (χ1n) is 8.79. The van der Waals surface area contributed by atoms with Crippen molar-refractivity contribution in [3.63, 3.8) is 0 Å². The van der Waals surface area contributed by atoms with Crippen LogP contribution in [-0.4, -0.2) is 0 Å². The van der Waals surface area contributed by atoms with Gasteiger partial charge in [-0.05, 0) is 12.5 Å². The molecule has 152 valence electrons. The van der Waals surface area contributed by atoms with E-state index in [0.29, 0.717) is 0 Å². The second-order valence-electron chi connectivity index (χ2n) is 6.32. The number of hydrogen-bond donors (Lipinski definition) is 0. The van der Waals surface area contributed by atoms with E-state index in [2.05, 4.69) is 41.3 Å². The molecule has 0 bridgehead atoms. The molecule has 0 aliphatic carbocycles. The molecular formula is C17H26F6NPS. The van der Waals surface area contributed by atoms with Crippen molar-refractivity contribution in [3.05, 3.63) is 29.8 Å². The van der Waals surface area contributed by atoms with Crippen molar-refractivity contribution < 1.29 is 29.7 Å². The molecule has 0 radical (unpaired) electrons. The predicted molar refractivity (Wildman–Crippen MR) is 98.2 cm³/mol. The van der Waals surface area contributed by atoms with Crippen LogP contribution in [0.15, 0.2) is 29.8 Å². The number of halogens is 6. The first kappa shape index (κ1) is 23.2. The van der Waals surface area contributed by atoms with Crippen LogP contribution in [0.4, 0.5) is 25.2 Å². The second kappa shape index (κ2) is 8.87. The predicted octanol–water partition coefficient (Wildman–Crippen LogP) is 8.71. The first-order valence-corrected chi connectivity index (χ1v) is 11.7. The van der Waals surface area contributed by atoms with E-state index >= 15 is 0 Å². The maximum atomic E-state index is 9.87. The van der Waals surface area contributed by atoms with Gasteiger partial charge in [0.05, 0.1) is 0 Å². The van der Waals surface area contributed by atoms with Gasteiger partial charge < -0.3 is 0 Å². The standard InChI is InChI=1S/C17H26NS.F6P/c1-2-3-4-5-6-7-8-11-14-18-15-19-17-13-10-9-12-16(17)18;1-7(2,3,4,5)6/h9-10,12-13,15H,2-8,11,14H2,1H3;/q+1;-1. The zero-order valence-electron chi connectivity index (χ0n) is 14.8. The molecular weight excluding hydrogens is 395 g/mol. The van der Waals surface area contributed by atoms with Gasteiger partial charge in [-0.3, -0.25) is 0 Å². The fourth-order valence-corrected chi connectivity index (χ4v) is 3.48. The fraction of sp³-hybridized carbons (Fsp3) is 0.588. The Morgan fingerprint density at radius 2 is 1.31 bits per heavy atom. The van der Waals surface area contributed by atoms with Crippen LogP contribution < -0.4 is 4.57 Å². The van der Waals surface area contributed by atoms with E-state index in [1.54, 1.807) is 0 Å². The molecule has 2 rings (SSSR count). The number of unbranched alkanes of at least 4 members (excludes halogenated alkanes) is 7. The Labute approximate surface area is 154 Å². The van der Waals surface area contributed by atoms with Crippen LogP contribution in [0.3, 0.4) is 0 Å². The van der Waals surface area contributed by atoms with Crippen LogP contribution in [0.1, 0.15) is 58.3 Å². The van der Waals surface area contributed by atoms with Crippen LogP contribution in [-0.2, 0) is 6.54 Å². The van der Waals surface area contributed by atoms with E-state index in [-0.39, 0.29) is 0 Å². The van der Waals surface area contributed by atoms with Gasteiger partial charge in [-0.1, -0.05) is 68.9 Å². The van der Waals surface area contributed by atoms with Crippen molar-refractivity contribution in [1.82, 2.24) is 0 Å². The van der Waals surface area contributed by atoms with Gasteiger partial charge in [0, 0.05) is 12.5 Å². The summed E-state index contributed by atoms with van der Waals surface area (Å²) in [5.41, 5.74) is 3.67. The summed E-state index contributed by atoms with van der Waals surface area (Å²) in [4.78, 5) is 0. The second-order valence-corrected chi connectivity index (χ2v) is 9.12. The molecule has 0 saturated carbocycles. The average molecular weight is 421 g/mol. The Kier molecular flexibility index (Phi) is 7.90. The van der Waals surface area contributed by atoms with E-state index in [9.17, 15) is 25.2 Å². The van der Waals surface area contributed by atoms with Crippen LogP contribution in [0.25, 0.3) is 10.2 Å². The van der Waals surface area contributed by atoms with Gasteiger partial charge in [-0.2, -0.15) is 4.57 Å². The molecule has 0 atom stereocenters. The van der Waals surface area contributed by atoms with E-state index in [0.717, 1.165) is 0 Å². The van der Waals surface area contributed by atoms with Crippen LogP contribution >= 0.6 is 19.1 Å². The molecule has 1 aromatic carbocycles. The molecule has 0 unspecified atom stereocenters. The Morgan fingerprint density at radius 1 is 0.808 bits per heavy atom. The number of fused-ring (bicyclic) bond motifs is 1. The van der Waals surface area contributed by atoms with Crippen molar-refractivity contribution in [1.29, 1.82) is 0 Å². The third-order valence-electron chi connectivity index (χ3n) is 3.73. The van der Waals surface area contributed by atoms with Gasteiger partial charge in [0.15, 0.2) is 0 Å². The molecule has 1 heterocycles. The molecule has 0 aliphatic heterocycles. The Hall–Kier alpha value is -0.880. The van der Waals surface area contributed by atoms with E-state index in [1.807, 2.05) is 11.3 Å². The molecule has 1 nitrogen and oxygen atoms in total. The first-order chi connectivity index (χ1) is 11.9. The molecule has 0 fully saturated rings. The van der Waals surface area contributed by atoms with Crippen molar-refractivity contribution in [2.75, 3.05) is 0 Å². The summed E-state index contributed by atoms with van der Waals surface area (Å²) in [6, 6.07) is 8.71. The normalized spacial score (nSPS) is 14.4. The average Bonchev–Trinajstić information content (AvgIpc) is 2.90. The van der Waals surface area contributed by atoms with Gasteiger partial charge in [0.2, 0.25) is 11.0 Å². The number of aryl methyl sites for hydroxylation is 1. The van der Waals surface area contributed by atoms with Gasteiger partial charge >= 0.3 is 33.0 Å². The summed E-state index contributed by atoms with van der Waals surface area (Å²) >= 11 is 1.85. The topological polar surface area (TPSA) is 3.88 Å². The number of rotatable bonds is 9. The number of thiazole rings is 1. The minimum absolute atomic E-state index is 1.18. The van der Waals surface area contributed by atoms with Crippen LogP contribution in [0, 0.1) is 0 Å². The molecule has 0 saturated heterocycles. The van der Waals surface area contributed by atoms with E-state index in [1.165, 1.54) is 68.1 Å². The fourth-order valence-electron chi connectivity index (χ4n) is 2.56. The van der Waals surface area contributed by atoms with Gasteiger partial charge in [0.1, 0.15) is 11.2 Å². The van der Waals surface area contributed by atoms with Crippen LogP contribution in [0.5, 0.6) is 0 Å². The summed E-state index contributed by atoms with van der Waals surface area (Å²) < 4.78 is 63.0. The maximum absolute atomic E-state index is 10.7. The molecule has 26 heavy (non-hydrogen) atoms. The third kappa shape index (κ3) is 13.3. The monoisotopic (exact) mass is 421 g/mol. The quantitative estimate of drug-likeness (QED) is 0.165. The molecule has 0 spiro atoms. The van der Waals surface area contributed by atoms with E-state index < -0.39 is 7.81 Å². The summed E-state index contributed by atoms with van der Waals surface area (Å²) in [5, 5.41) is 0. The SMILES string of the molecule is CCCCCCCCCC[n+]1csc2ccccc21.F[P-](F)(F)(F)(F)F. The zero-order chi connectivity index (χ0) is 19.7. The number of nitrogens with zero attached hydrogens (tertiary/aromatic N) is 1. The molecule has 1 aromatic heterocycles. The number of para-hydroxylation sites is 1. The number of aromatic nitrogens is 1. The molecule has 9 heteroatoms. The van der Waals surface area contributed by atoms with Crippen molar-refractivity contribution in [2.45, 2.75) is 64.8 Å². The van der Waals surface area contributed by atoms with Gasteiger partial charge in [-0.25, -0.2) is 0 Å². The summed E-state index contributed by atoms with van der Waals surface area (Å²) in [5.74, 6) is 0. The third-order valence-corrected chi connectivity index (χ3v) is 4.69. The summed E-state index contributed by atoms with van der Waals surface area (Å²) in [7, 11) is -10.7. The Balaban J connectivity index is 0.000000412. The molecule has 0 amide bonds. The minimum atomic E-state index is -10.7. The number of benzene rings is 1. The Bertz CT molecular complexity index is 657. The molecule has 2 aromatic rings. The van der Waals surface area contributed by atoms with E-state index in [4.69, 9.17) is 0 Å². The zero-order valence-corrected chi connectivity index (χ0v) is 16.5. The van der Waals surface area contributed by atoms with Crippen molar-refractivity contribution in [2.24, 2.45) is 0 Å². The summed E-state index contributed by atoms with van der Waals surface area (Å²) in [6.07, 6.45) is 11.2. The van der Waals surface area contributed by atoms with Crippen molar-refractivity contribution >= 4 is 29.4 Å².